The number of methoxy groups -OCH3 is 1. The largest absolute Gasteiger partial charge is 0.387 e. The van der Waals surface area contributed by atoms with Crippen LogP contribution in [0.15, 0.2) is 12.2 Å². The van der Waals surface area contributed by atoms with Crippen LogP contribution in [0.25, 0.3) is 0 Å². The molecule has 0 bridgehead atoms. The minimum atomic E-state index is -1.06. The Hall–Kier alpha value is -0.410. The van der Waals surface area contributed by atoms with Crippen LogP contribution >= 0.6 is 0 Å². The first-order valence-corrected chi connectivity index (χ1v) is 9.91. The number of hydrogen-bond acceptors (Lipinski definition) is 2. The van der Waals surface area contributed by atoms with Gasteiger partial charge < -0.3 is 9.84 Å². The van der Waals surface area contributed by atoms with Crippen molar-refractivity contribution in [3.05, 3.63) is 12.2 Å². The molecular formula is C21H33FO2. The highest BCUT2D eigenvalue weighted by molar-refractivity contribution is 5.22. The maximum atomic E-state index is 16.2. The van der Waals surface area contributed by atoms with Gasteiger partial charge in [0.15, 0.2) is 0 Å². The van der Waals surface area contributed by atoms with Gasteiger partial charge in [-0.25, -0.2) is 4.39 Å². The highest BCUT2D eigenvalue weighted by Gasteiger charge is 2.62. The monoisotopic (exact) mass is 336 g/mol. The van der Waals surface area contributed by atoms with Crippen molar-refractivity contribution in [2.24, 2.45) is 29.1 Å². The van der Waals surface area contributed by atoms with E-state index in [-0.39, 0.29) is 17.3 Å². The van der Waals surface area contributed by atoms with Gasteiger partial charge in [-0.3, -0.25) is 0 Å². The smallest absolute Gasteiger partial charge is 0.117 e. The predicted octanol–water partition coefficient (Wildman–Crippen LogP) is 4.66. The lowest BCUT2D eigenvalue weighted by molar-refractivity contribution is -0.173. The normalized spacial score (nSPS) is 54.1. The van der Waals surface area contributed by atoms with E-state index in [0.29, 0.717) is 37.7 Å². The summed E-state index contributed by atoms with van der Waals surface area (Å²) in [5, 5.41) is 10.7. The third-order valence-electron chi connectivity index (χ3n) is 8.55. The van der Waals surface area contributed by atoms with Gasteiger partial charge in [0.25, 0.3) is 0 Å². The predicted molar refractivity (Wildman–Crippen MR) is 93.4 cm³/mol. The van der Waals surface area contributed by atoms with Crippen molar-refractivity contribution < 1.29 is 14.2 Å². The van der Waals surface area contributed by atoms with Crippen LogP contribution in [0, 0.1) is 29.1 Å². The number of alkyl halides is 1. The molecule has 0 aliphatic heterocycles. The van der Waals surface area contributed by atoms with Crippen LogP contribution < -0.4 is 0 Å². The fraction of sp³-hybridized carbons (Fsp3) is 0.905. The van der Waals surface area contributed by atoms with Gasteiger partial charge in [0, 0.05) is 7.11 Å². The molecule has 1 unspecified atom stereocenters. The first-order valence-electron chi connectivity index (χ1n) is 9.91. The molecule has 2 nitrogen and oxygen atoms in total. The quantitative estimate of drug-likeness (QED) is 0.743. The molecule has 0 aromatic carbocycles. The Bertz CT molecular complexity index is 534. The molecule has 4 saturated carbocycles. The van der Waals surface area contributed by atoms with Crippen molar-refractivity contribution in [2.75, 3.05) is 13.7 Å². The van der Waals surface area contributed by atoms with E-state index >= 15 is 4.39 Å². The third kappa shape index (κ3) is 2.26. The third-order valence-corrected chi connectivity index (χ3v) is 8.55. The fourth-order valence-corrected chi connectivity index (χ4v) is 7.18. The molecule has 7 atom stereocenters. The first-order chi connectivity index (χ1) is 11.3. The van der Waals surface area contributed by atoms with Crippen LogP contribution in [0.1, 0.15) is 64.7 Å². The summed E-state index contributed by atoms with van der Waals surface area (Å²) in [6.07, 6.45) is 8.18. The maximum Gasteiger partial charge on any atom is 0.117 e. The molecule has 4 aliphatic rings. The minimum absolute atomic E-state index is 0.0154. The first kappa shape index (κ1) is 17.0. The van der Waals surface area contributed by atoms with E-state index in [1.807, 2.05) is 0 Å². The molecule has 0 saturated heterocycles. The number of fused-ring (bicyclic) bond motifs is 5. The fourth-order valence-electron chi connectivity index (χ4n) is 7.18. The molecule has 4 rings (SSSR count). The summed E-state index contributed by atoms with van der Waals surface area (Å²) in [7, 11) is 1.63. The van der Waals surface area contributed by atoms with Crippen LogP contribution in [0.2, 0.25) is 0 Å². The minimum Gasteiger partial charge on any atom is -0.387 e. The van der Waals surface area contributed by atoms with Crippen LogP contribution in [0.4, 0.5) is 4.39 Å². The van der Waals surface area contributed by atoms with Crippen molar-refractivity contribution in [2.45, 2.75) is 76.0 Å². The van der Waals surface area contributed by atoms with Crippen molar-refractivity contribution in [3.8, 4) is 0 Å². The molecule has 24 heavy (non-hydrogen) atoms. The molecular weight excluding hydrogens is 303 g/mol. The lowest BCUT2D eigenvalue weighted by Gasteiger charge is -2.59. The number of halogens is 1. The van der Waals surface area contributed by atoms with E-state index in [1.54, 1.807) is 7.11 Å². The van der Waals surface area contributed by atoms with Gasteiger partial charge in [-0.1, -0.05) is 19.1 Å². The van der Waals surface area contributed by atoms with Gasteiger partial charge >= 0.3 is 0 Å². The average Bonchev–Trinajstić information content (AvgIpc) is 2.84. The zero-order valence-corrected chi connectivity index (χ0v) is 15.3. The molecule has 0 aromatic rings. The number of ether oxygens (including phenoxy) is 1. The second-order valence-electron chi connectivity index (χ2n) is 9.54. The zero-order chi connectivity index (χ0) is 17.2. The van der Waals surface area contributed by atoms with Crippen molar-refractivity contribution in [1.29, 1.82) is 0 Å². The Morgan fingerprint density at radius 2 is 1.96 bits per heavy atom. The van der Waals surface area contributed by atoms with E-state index in [4.69, 9.17) is 4.74 Å². The van der Waals surface area contributed by atoms with E-state index in [1.165, 1.54) is 12.0 Å². The number of rotatable bonds is 2. The summed E-state index contributed by atoms with van der Waals surface area (Å²) in [6, 6.07) is 0. The summed E-state index contributed by atoms with van der Waals surface area (Å²) in [4.78, 5) is 0. The Kier molecular flexibility index (Phi) is 3.93. The van der Waals surface area contributed by atoms with E-state index < -0.39 is 11.3 Å². The molecule has 1 N–H and O–H groups in total. The Balaban J connectivity index is 1.58. The summed E-state index contributed by atoms with van der Waals surface area (Å²) < 4.78 is 21.4. The summed E-state index contributed by atoms with van der Waals surface area (Å²) in [5.74, 6) is 1.38. The topological polar surface area (TPSA) is 29.5 Å². The maximum absolute atomic E-state index is 16.2. The molecule has 0 spiro atoms. The summed E-state index contributed by atoms with van der Waals surface area (Å²) in [5.41, 5.74) is -0.199. The molecule has 0 radical (unpaired) electrons. The van der Waals surface area contributed by atoms with Gasteiger partial charge in [0.05, 0.1) is 12.2 Å². The highest BCUT2D eigenvalue weighted by atomic mass is 19.1. The van der Waals surface area contributed by atoms with Crippen LogP contribution in [-0.2, 0) is 4.74 Å². The summed E-state index contributed by atoms with van der Waals surface area (Å²) >= 11 is 0. The van der Waals surface area contributed by atoms with Crippen LogP contribution in [0.5, 0.6) is 0 Å². The molecule has 4 fully saturated rings. The Morgan fingerprint density at radius 3 is 2.71 bits per heavy atom. The average molecular weight is 336 g/mol. The standard InChI is InChI=1S/C21H33FO2/c1-14-4-7-17-16-6-5-15-12-20(23,13-24-3)10-11-21(15,22)18(16)8-9-19(14,17)2/h15-18,23H,1,4-13H2,2-3H3/t15-,16+,17+,18?,19-,20-,21-/m1/s1. The second kappa shape index (κ2) is 5.54. The lowest BCUT2D eigenvalue weighted by Crippen LogP contribution is -2.59. The van der Waals surface area contributed by atoms with Gasteiger partial charge in [0.2, 0.25) is 0 Å². The molecule has 0 aromatic heterocycles. The summed E-state index contributed by atoms with van der Waals surface area (Å²) in [6.45, 7) is 7.07. The highest BCUT2D eigenvalue weighted by Crippen LogP contribution is 2.66. The Morgan fingerprint density at radius 1 is 1.17 bits per heavy atom. The zero-order valence-electron chi connectivity index (χ0n) is 15.3. The van der Waals surface area contributed by atoms with Crippen molar-refractivity contribution in [1.82, 2.24) is 0 Å². The molecule has 136 valence electrons. The van der Waals surface area contributed by atoms with Gasteiger partial charge in [-0.05, 0) is 86.9 Å². The number of aliphatic hydroxyl groups is 1. The van der Waals surface area contributed by atoms with Crippen LogP contribution in [-0.4, -0.2) is 30.1 Å². The lowest BCUT2D eigenvalue weighted by atomic mass is 9.48. The van der Waals surface area contributed by atoms with E-state index in [9.17, 15) is 5.11 Å². The molecule has 0 heterocycles. The number of allylic oxidation sites excluding steroid dienone is 1. The SMILES string of the molecule is C=C1CC[C@H]2[C@@H]3CC[C@@H]4C[C@@](O)(COC)CC[C@]4(F)C3CC[C@]12C. The van der Waals surface area contributed by atoms with Crippen molar-refractivity contribution >= 4 is 0 Å². The second-order valence-corrected chi connectivity index (χ2v) is 9.54. The molecule has 3 heteroatoms. The molecule has 4 aliphatic carbocycles. The Labute approximate surface area is 145 Å². The molecule has 0 amide bonds. The van der Waals surface area contributed by atoms with E-state index in [0.717, 1.165) is 32.1 Å². The van der Waals surface area contributed by atoms with Gasteiger partial charge in [0.1, 0.15) is 5.67 Å². The van der Waals surface area contributed by atoms with Crippen LogP contribution in [0.3, 0.4) is 0 Å². The van der Waals surface area contributed by atoms with E-state index in [2.05, 4.69) is 13.5 Å². The van der Waals surface area contributed by atoms with Gasteiger partial charge in [-0.2, -0.15) is 0 Å². The van der Waals surface area contributed by atoms with Crippen molar-refractivity contribution in [3.63, 3.8) is 0 Å². The van der Waals surface area contributed by atoms with Gasteiger partial charge in [-0.15, -0.1) is 0 Å². The number of hydrogen-bond donors (Lipinski definition) is 1.